The van der Waals surface area contributed by atoms with Crippen molar-refractivity contribution in [2.45, 2.75) is 13.3 Å². The van der Waals surface area contributed by atoms with E-state index in [-0.39, 0.29) is 12.3 Å². The number of hydrogen-bond acceptors (Lipinski definition) is 4. The first-order valence-corrected chi connectivity index (χ1v) is 5.62. The first-order chi connectivity index (χ1) is 7.63. The Kier molecular flexibility index (Phi) is 5.04. The number of hydrogen-bond donors (Lipinski definition) is 1. The topological polar surface area (TPSA) is 68.5 Å². The van der Waals surface area contributed by atoms with Crippen LogP contribution in [0.15, 0.2) is 21.2 Å². The van der Waals surface area contributed by atoms with Gasteiger partial charge in [0.15, 0.2) is 10.4 Å². The molecular formula is C10H12BrNO4. The molecule has 0 spiro atoms. The minimum atomic E-state index is -0.458. The van der Waals surface area contributed by atoms with E-state index in [4.69, 9.17) is 9.15 Å². The van der Waals surface area contributed by atoms with Gasteiger partial charge in [0.25, 0.3) is 5.91 Å². The van der Waals surface area contributed by atoms with Gasteiger partial charge in [-0.2, -0.15) is 0 Å². The second-order valence-corrected chi connectivity index (χ2v) is 3.79. The third-order valence-corrected chi connectivity index (χ3v) is 2.08. The number of rotatable bonds is 5. The van der Waals surface area contributed by atoms with Crippen LogP contribution < -0.4 is 5.32 Å². The predicted molar refractivity (Wildman–Crippen MR) is 60.0 cm³/mol. The minimum absolute atomic E-state index is 0.148. The third-order valence-electron chi connectivity index (χ3n) is 1.66. The normalized spacial score (nSPS) is 9.88. The van der Waals surface area contributed by atoms with E-state index in [0.717, 1.165) is 6.42 Å². The third kappa shape index (κ3) is 4.06. The molecule has 1 aromatic rings. The number of furan rings is 1. The van der Waals surface area contributed by atoms with Crippen LogP contribution in [0.5, 0.6) is 0 Å². The number of carbonyl (C=O) groups is 2. The molecule has 1 aromatic heterocycles. The summed E-state index contributed by atoms with van der Waals surface area (Å²) < 4.78 is 10.3. The van der Waals surface area contributed by atoms with E-state index in [9.17, 15) is 9.59 Å². The SMILES string of the molecule is CCCOC(=O)CNC(=O)c1ccc(Br)o1. The Bertz CT molecular complexity index is 375. The summed E-state index contributed by atoms with van der Waals surface area (Å²) in [6.07, 6.45) is 0.755. The summed E-state index contributed by atoms with van der Waals surface area (Å²) in [7, 11) is 0. The summed E-state index contributed by atoms with van der Waals surface area (Å²) in [5.41, 5.74) is 0. The molecule has 0 saturated heterocycles. The highest BCUT2D eigenvalue weighted by Crippen LogP contribution is 2.13. The number of halogens is 1. The van der Waals surface area contributed by atoms with Crippen LogP contribution in [0.25, 0.3) is 0 Å². The van der Waals surface area contributed by atoms with Crippen molar-refractivity contribution in [1.29, 1.82) is 0 Å². The molecule has 0 aliphatic carbocycles. The van der Waals surface area contributed by atoms with Gasteiger partial charge in [0.05, 0.1) is 6.61 Å². The standard InChI is InChI=1S/C10H12BrNO4/c1-2-5-15-9(13)6-12-10(14)7-3-4-8(11)16-7/h3-4H,2,5-6H2,1H3,(H,12,14). The Morgan fingerprint density at radius 1 is 1.50 bits per heavy atom. The Labute approximate surface area is 101 Å². The lowest BCUT2D eigenvalue weighted by Crippen LogP contribution is -2.30. The van der Waals surface area contributed by atoms with Crippen LogP contribution in [-0.4, -0.2) is 25.0 Å². The van der Waals surface area contributed by atoms with Crippen molar-refractivity contribution in [2.24, 2.45) is 0 Å². The van der Waals surface area contributed by atoms with E-state index in [1.54, 1.807) is 6.07 Å². The highest BCUT2D eigenvalue weighted by atomic mass is 79.9. The highest BCUT2D eigenvalue weighted by Gasteiger charge is 2.11. The zero-order chi connectivity index (χ0) is 12.0. The molecule has 0 unspecified atom stereocenters. The Balaban J connectivity index is 2.33. The molecule has 1 heterocycles. The van der Waals surface area contributed by atoms with Crippen LogP contribution in [0.4, 0.5) is 0 Å². The van der Waals surface area contributed by atoms with Gasteiger partial charge in [-0.3, -0.25) is 9.59 Å². The quantitative estimate of drug-likeness (QED) is 0.838. The van der Waals surface area contributed by atoms with Gasteiger partial charge in [-0.15, -0.1) is 0 Å². The smallest absolute Gasteiger partial charge is 0.325 e. The zero-order valence-corrected chi connectivity index (χ0v) is 10.4. The largest absolute Gasteiger partial charge is 0.464 e. The van der Waals surface area contributed by atoms with Crippen LogP contribution in [0.3, 0.4) is 0 Å². The second kappa shape index (κ2) is 6.32. The van der Waals surface area contributed by atoms with Crippen LogP contribution in [0.1, 0.15) is 23.9 Å². The first-order valence-electron chi connectivity index (χ1n) is 4.82. The van der Waals surface area contributed by atoms with Crippen molar-refractivity contribution in [1.82, 2.24) is 5.32 Å². The number of amides is 1. The van der Waals surface area contributed by atoms with E-state index in [0.29, 0.717) is 11.3 Å². The molecular weight excluding hydrogens is 278 g/mol. The molecule has 0 fully saturated rings. The van der Waals surface area contributed by atoms with E-state index in [2.05, 4.69) is 21.2 Å². The molecule has 0 bridgehead atoms. The minimum Gasteiger partial charge on any atom is -0.464 e. The summed E-state index contributed by atoms with van der Waals surface area (Å²) in [5, 5.41) is 2.39. The van der Waals surface area contributed by atoms with Crippen LogP contribution in [0, 0.1) is 0 Å². The summed E-state index contributed by atoms with van der Waals surface area (Å²) in [4.78, 5) is 22.5. The molecule has 0 aliphatic heterocycles. The van der Waals surface area contributed by atoms with Crippen molar-refractivity contribution in [3.8, 4) is 0 Å². The van der Waals surface area contributed by atoms with Crippen molar-refractivity contribution in [3.63, 3.8) is 0 Å². The molecule has 0 atom stereocenters. The number of esters is 1. The molecule has 1 N–H and O–H groups in total. The number of nitrogens with one attached hydrogen (secondary N) is 1. The number of ether oxygens (including phenoxy) is 1. The van der Waals surface area contributed by atoms with Gasteiger partial charge in [-0.1, -0.05) is 6.92 Å². The molecule has 0 aliphatic rings. The maximum atomic E-state index is 11.4. The molecule has 16 heavy (non-hydrogen) atoms. The summed E-state index contributed by atoms with van der Waals surface area (Å²) in [5.74, 6) is -0.755. The average Bonchev–Trinajstić information content (AvgIpc) is 2.69. The average molecular weight is 290 g/mol. The van der Waals surface area contributed by atoms with Crippen molar-refractivity contribution in [2.75, 3.05) is 13.2 Å². The zero-order valence-electron chi connectivity index (χ0n) is 8.79. The van der Waals surface area contributed by atoms with Gasteiger partial charge in [0, 0.05) is 0 Å². The van der Waals surface area contributed by atoms with Gasteiger partial charge in [-0.05, 0) is 34.5 Å². The number of carbonyl (C=O) groups excluding carboxylic acids is 2. The fourth-order valence-corrected chi connectivity index (χ4v) is 1.25. The fourth-order valence-electron chi connectivity index (χ4n) is 0.943. The molecule has 1 amide bonds. The van der Waals surface area contributed by atoms with Gasteiger partial charge >= 0.3 is 5.97 Å². The molecule has 0 aromatic carbocycles. The lowest BCUT2D eigenvalue weighted by atomic mass is 10.4. The van der Waals surface area contributed by atoms with Crippen molar-refractivity contribution >= 4 is 27.8 Å². The fraction of sp³-hybridized carbons (Fsp3) is 0.400. The molecule has 0 saturated carbocycles. The highest BCUT2D eigenvalue weighted by molar-refractivity contribution is 9.10. The Morgan fingerprint density at radius 3 is 2.81 bits per heavy atom. The molecule has 1 rings (SSSR count). The van der Waals surface area contributed by atoms with Crippen LogP contribution in [-0.2, 0) is 9.53 Å². The Morgan fingerprint density at radius 2 is 2.25 bits per heavy atom. The van der Waals surface area contributed by atoms with Gasteiger partial charge in [-0.25, -0.2) is 0 Å². The van der Waals surface area contributed by atoms with Crippen molar-refractivity contribution < 1.29 is 18.7 Å². The summed E-state index contributed by atoms with van der Waals surface area (Å²) >= 11 is 3.08. The second-order valence-electron chi connectivity index (χ2n) is 3.01. The van der Waals surface area contributed by atoms with Gasteiger partial charge in [0.2, 0.25) is 0 Å². The summed E-state index contributed by atoms with van der Waals surface area (Å²) in [6, 6.07) is 3.11. The predicted octanol–water partition coefficient (Wildman–Crippen LogP) is 1.73. The lowest BCUT2D eigenvalue weighted by molar-refractivity contribution is -0.142. The monoisotopic (exact) mass is 289 g/mol. The molecule has 0 radical (unpaired) electrons. The molecule has 6 heteroatoms. The molecule has 5 nitrogen and oxygen atoms in total. The summed E-state index contributed by atoms with van der Waals surface area (Å²) in [6.45, 7) is 2.10. The van der Waals surface area contributed by atoms with E-state index >= 15 is 0 Å². The van der Waals surface area contributed by atoms with E-state index in [1.165, 1.54) is 6.07 Å². The van der Waals surface area contributed by atoms with Crippen LogP contribution >= 0.6 is 15.9 Å². The maximum absolute atomic E-state index is 11.4. The van der Waals surface area contributed by atoms with Gasteiger partial charge in [0.1, 0.15) is 6.54 Å². The van der Waals surface area contributed by atoms with E-state index < -0.39 is 11.9 Å². The van der Waals surface area contributed by atoms with Gasteiger partial charge < -0.3 is 14.5 Å². The first kappa shape index (κ1) is 12.8. The van der Waals surface area contributed by atoms with E-state index in [1.807, 2.05) is 6.92 Å². The maximum Gasteiger partial charge on any atom is 0.325 e. The lowest BCUT2D eigenvalue weighted by Gasteiger charge is -2.03. The Hall–Kier alpha value is -1.30. The van der Waals surface area contributed by atoms with Crippen LogP contribution in [0.2, 0.25) is 0 Å². The van der Waals surface area contributed by atoms with Crippen molar-refractivity contribution in [3.05, 3.63) is 22.6 Å². The molecule has 88 valence electrons.